The van der Waals surface area contributed by atoms with Crippen LogP contribution in [0.3, 0.4) is 0 Å². The molecule has 0 atom stereocenters. The van der Waals surface area contributed by atoms with E-state index in [9.17, 15) is 0 Å². The second-order valence-corrected chi connectivity index (χ2v) is 2.71. The summed E-state index contributed by atoms with van der Waals surface area (Å²) in [6, 6.07) is 8.15. The largest absolute Gasteiger partial charge is 0.331 e. The fourth-order valence-electron chi connectivity index (χ4n) is 1.27. The molecule has 2 heteroatoms. The molecule has 0 aliphatic carbocycles. The fourth-order valence-corrected chi connectivity index (χ4v) is 1.27. The molecule has 0 fully saturated rings. The van der Waals surface area contributed by atoms with Crippen molar-refractivity contribution in [3.63, 3.8) is 0 Å². The van der Waals surface area contributed by atoms with Crippen molar-refractivity contribution in [2.24, 2.45) is 7.05 Å². The number of fused-ring (bicyclic) bond motifs is 1. The van der Waals surface area contributed by atoms with Crippen molar-refractivity contribution in [2.75, 3.05) is 0 Å². The monoisotopic (exact) mass is 236 g/mol. The molecule has 1 heterocycles. The van der Waals surface area contributed by atoms with E-state index in [4.69, 9.17) is 0 Å². The van der Waals surface area contributed by atoms with Gasteiger partial charge < -0.3 is 4.57 Å². The Morgan fingerprint density at radius 1 is 0.882 bits per heavy atom. The van der Waals surface area contributed by atoms with Crippen molar-refractivity contribution in [3.05, 3.63) is 30.1 Å². The van der Waals surface area contributed by atoms with E-state index in [1.165, 1.54) is 5.52 Å². The second-order valence-electron chi connectivity index (χ2n) is 2.71. The molecule has 98 valence electrons. The molecule has 0 aliphatic rings. The van der Waals surface area contributed by atoms with E-state index in [1.807, 2.05) is 73.7 Å². The smallest absolute Gasteiger partial charge is 0.106 e. The molecule has 0 spiro atoms. The summed E-state index contributed by atoms with van der Waals surface area (Å²) in [6.07, 6.45) is 0. The van der Waals surface area contributed by atoms with Gasteiger partial charge in [-0.25, -0.2) is 4.98 Å². The van der Waals surface area contributed by atoms with Crippen molar-refractivity contribution >= 4 is 11.0 Å². The first-order chi connectivity index (χ1) is 8.29. The Bertz CT molecular complexity index is 389. The molecule has 2 rings (SSSR count). The lowest BCUT2D eigenvalue weighted by atomic mass is 10.3. The van der Waals surface area contributed by atoms with Crippen molar-refractivity contribution in [1.82, 2.24) is 9.55 Å². The van der Waals surface area contributed by atoms with Crippen LogP contribution < -0.4 is 0 Å². The van der Waals surface area contributed by atoms with Gasteiger partial charge in [0.05, 0.1) is 11.0 Å². The Labute approximate surface area is 107 Å². The highest BCUT2D eigenvalue weighted by atomic mass is 15.0. The number of para-hydroxylation sites is 2. The number of aromatic nitrogens is 2. The van der Waals surface area contributed by atoms with Gasteiger partial charge >= 0.3 is 0 Å². The summed E-state index contributed by atoms with van der Waals surface area (Å²) in [6.45, 7) is 14.0. The molecular formula is C15H28N2. The van der Waals surface area contributed by atoms with E-state index in [1.54, 1.807) is 0 Å². The van der Waals surface area contributed by atoms with Gasteiger partial charge in [-0.3, -0.25) is 0 Å². The molecule has 0 saturated carbocycles. The molecule has 2 nitrogen and oxygen atoms in total. The van der Waals surface area contributed by atoms with Gasteiger partial charge in [0.15, 0.2) is 0 Å². The van der Waals surface area contributed by atoms with Crippen LogP contribution in [0.4, 0.5) is 0 Å². The van der Waals surface area contributed by atoms with E-state index in [2.05, 4.69) is 15.6 Å². The molecule has 0 amide bonds. The standard InChI is InChI=1S/C9H10N2.3C2H6/c1-7-10-8-5-3-4-6-9(8)11(7)2;3*1-2/h3-6H,1-2H3;3*1-2H3. The lowest BCUT2D eigenvalue weighted by Gasteiger charge is -1.93. The van der Waals surface area contributed by atoms with Gasteiger partial charge in [0.25, 0.3) is 0 Å². The highest BCUT2D eigenvalue weighted by molar-refractivity contribution is 5.75. The number of imidazole rings is 1. The molecule has 0 unspecified atom stereocenters. The normalized spacial score (nSPS) is 8.00. The highest BCUT2D eigenvalue weighted by Crippen LogP contribution is 2.12. The van der Waals surface area contributed by atoms with Gasteiger partial charge in [-0.2, -0.15) is 0 Å². The summed E-state index contributed by atoms with van der Waals surface area (Å²) in [5, 5.41) is 0. The van der Waals surface area contributed by atoms with Crippen LogP contribution >= 0.6 is 0 Å². The van der Waals surface area contributed by atoms with E-state index < -0.39 is 0 Å². The predicted molar refractivity (Wildman–Crippen MR) is 79.5 cm³/mol. The minimum Gasteiger partial charge on any atom is -0.331 e. The Morgan fingerprint density at radius 2 is 1.35 bits per heavy atom. The zero-order valence-electron chi connectivity index (χ0n) is 12.7. The number of hydrogen-bond acceptors (Lipinski definition) is 1. The molecule has 0 radical (unpaired) electrons. The molecule has 0 bridgehead atoms. The molecule has 0 aliphatic heterocycles. The minimum atomic E-state index is 1.06. The van der Waals surface area contributed by atoms with E-state index >= 15 is 0 Å². The van der Waals surface area contributed by atoms with Crippen LogP contribution in [0, 0.1) is 6.92 Å². The van der Waals surface area contributed by atoms with E-state index in [0.717, 1.165) is 11.3 Å². The highest BCUT2D eigenvalue weighted by Gasteiger charge is 2.00. The zero-order valence-corrected chi connectivity index (χ0v) is 12.7. The lowest BCUT2D eigenvalue weighted by molar-refractivity contribution is 0.886. The Hall–Kier alpha value is -1.31. The average molecular weight is 236 g/mol. The van der Waals surface area contributed by atoms with Crippen LogP contribution in [0.5, 0.6) is 0 Å². The molecule has 0 saturated heterocycles. The van der Waals surface area contributed by atoms with Crippen LogP contribution in [0.15, 0.2) is 24.3 Å². The van der Waals surface area contributed by atoms with Crippen LogP contribution in [-0.2, 0) is 7.05 Å². The second kappa shape index (κ2) is 11.2. The summed E-state index contributed by atoms with van der Waals surface area (Å²) in [5.74, 6) is 1.06. The molecule has 17 heavy (non-hydrogen) atoms. The number of benzene rings is 1. The third-order valence-corrected chi connectivity index (χ3v) is 2.01. The van der Waals surface area contributed by atoms with E-state index in [0.29, 0.717) is 0 Å². The van der Waals surface area contributed by atoms with Crippen molar-refractivity contribution in [2.45, 2.75) is 48.5 Å². The average Bonchev–Trinajstić information content (AvgIpc) is 2.73. The van der Waals surface area contributed by atoms with Gasteiger partial charge in [0.1, 0.15) is 5.82 Å². The topological polar surface area (TPSA) is 17.8 Å². The van der Waals surface area contributed by atoms with Crippen molar-refractivity contribution in [1.29, 1.82) is 0 Å². The summed E-state index contributed by atoms with van der Waals surface area (Å²) in [4.78, 5) is 4.38. The van der Waals surface area contributed by atoms with Gasteiger partial charge in [0, 0.05) is 7.05 Å². The van der Waals surface area contributed by atoms with E-state index in [-0.39, 0.29) is 0 Å². The van der Waals surface area contributed by atoms with Crippen molar-refractivity contribution in [3.8, 4) is 0 Å². The maximum Gasteiger partial charge on any atom is 0.106 e. The third kappa shape index (κ3) is 5.03. The fraction of sp³-hybridized carbons (Fsp3) is 0.533. The zero-order chi connectivity index (χ0) is 13.8. The van der Waals surface area contributed by atoms with Crippen LogP contribution in [0.2, 0.25) is 0 Å². The number of aryl methyl sites for hydroxylation is 2. The minimum absolute atomic E-state index is 1.06. The quantitative estimate of drug-likeness (QED) is 0.632. The number of hydrogen-bond donors (Lipinski definition) is 0. The first-order valence-corrected chi connectivity index (χ1v) is 6.67. The first-order valence-electron chi connectivity index (χ1n) is 6.67. The van der Waals surface area contributed by atoms with Crippen LogP contribution in [0.25, 0.3) is 11.0 Å². The summed E-state index contributed by atoms with van der Waals surface area (Å²) < 4.78 is 2.09. The maximum absolute atomic E-state index is 4.38. The summed E-state index contributed by atoms with van der Waals surface area (Å²) in [7, 11) is 2.03. The first kappa shape index (κ1) is 18.1. The Kier molecular flexibility index (Phi) is 11.9. The molecule has 0 N–H and O–H groups in total. The Balaban J connectivity index is 0. The van der Waals surface area contributed by atoms with Crippen LogP contribution in [-0.4, -0.2) is 9.55 Å². The number of rotatable bonds is 0. The summed E-state index contributed by atoms with van der Waals surface area (Å²) >= 11 is 0. The predicted octanol–water partition coefficient (Wildman–Crippen LogP) is 4.96. The van der Waals surface area contributed by atoms with Crippen LogP contribution in [0.1, 0.15) is 47.4 Å². The maximum atomic E-state index is 4.38. The molecule has 1 aromatic heterocycles. The third-order valence-electron chi connectivity index (χ3n) is 2.01. The summed E-state index contributed by atoms with van der Waals surface area (Å²) in [5.41, 5.74) is 2.28. The van der Waals surface area contributed by atoms with Gasteiger partial charge in [-0.15, -0.1) is 0 Å². The lowest BCUT2D eigenvalue weighted by Crippen LogP contribution is -1.89. The van der Waals surface area contributed by atoms with Gasteiger partial charge in [-0.05, 0) is 19.1 Å². The molecule has 1 aromatic carbocycles. The van der Waals surface area contributed by atoms with Gasteiger partial charge in [0.2, 0.25) is 0 Å². The number of nitrogens with zero attached hydrogens (tertiary/aromatic N) is 2. The van der Waals surface area contributed by atoms with Gasteiger partial charge in [-0.1, -0.05) is 53.7 Å². The van der Waals surface area contributed by atoms with Crippen molar-refractivity contribution < 1.29 is 0 Å². The SMILES string of the molecule is CC.CC.CC.Cc1nc2ccccc2n1C. The molecular weight excluding hydrogens is 208 g/mol. The molecule has 2 aromatic rings. The Morgan fingerprint density at radius 3 is 1.82 bits per heavy atom.